The molecule has 0 aliphatic carbocycles. The molecule has 0 saturated carbocycles. The van der Waals surface area contributed by atoms with Crippen LogP contribution in [0.25, 0.3) is 0 Å². The maximum Gasteiger partial charge on any atom is 0.315 e. The van der Waals surface area contributed by atoms with Gasteiger partial charge in [0.25, 0.3) is 0 Å². The van der Waals surface area contributed by atoms with Crippen molar-refractivity contribution in [2.45, 2.75) is 68.3 Å². The lowest BCUT2D eigenvalue weighted by Gasteiger charge is -2.16. The van der Waals surface area contributed by atoms with E-state index in [9.17, 15) is 30.0 Å². The predicted molar refractivity (Wildman–Crippen MR) is 164 cm³/mol. The summed E-state index contributed by atoms with van der Waals surface area (Å²) in [5.74, 6) is 0.754. The average Bonchev–Trinajstić information content (AvgIpc) is 3.50. The normalized spacial score (nSPS) is 20.5. The number of aliphatic imine (C=N–C) groups is 2. The standard InChI is InChI=1S/C30H39N5O6S/c36-22-10-8-19(25(38)13-22)15-31-17-21(33-16-20-9-11-23(37)14-26(20)39)5-3-4-12-32-28(40)7-2-1-6-27-29-24(18-42-27)34-30(41)35-29/h8-11,13-16,21,24,27,29,36-39H,1-7,12,17-18H2,(H,32,40)(H2,34,35,41)/t21-,24-,27-,29-/m0/s1. The van der Waals surface area contributed by atoms with Gasteiger partial charge in [-0.15, -0.1) is 0 Å². The second-order valence-electron chi connectivity index (χ2n) is 10.6. The van der Waals surface area contributed by atoms with E-state index in [4.69, 9.17) is 0 Å². The minimum absolute atomic E-state index is 0.0350. The highest BCUT2D eigenvalue weighted by molar-refractivity contribution is 8.00. The highest BCUT2D eigenvalue weighted by atomic mass is 32.2. The first kappa shape index (κ1) is 31.0. The number of fused-ring (bicyclic) bond motifs is 1. The van der Waals surface area contributed by atoms with Gasteiger partial charge in [0.1, 0.15) is 23.0 Å². The van der Waals surface area contributed by atoms with Gasteiger partial charge in [0.15, 0.2) is 0 Å². The summed E-state index contributed by atoms with van der Waals surface area (Å²) in [6, 6.07) is 8.71. The van der Waals surface area contributed by atoms with Gasteiger partial charge in [-0.05, 0) is 56.4 Å². The van der Waals surface area contributed by atoms with Crippen LogP contribution in [0.15, 0.2) is 46.4 Å². The quantitative estimate of drug-likeness (QED) is 0.0935. The Morgan fingerprint density at radius 3 is 2.40 bits per heavy atom. The number of nitrogens with zero attached hydrogens (tertiary/aromatic N) is 2. The first-order valence-electron chi connectivity index (χ1n) is 14.3. The smallest absolute Gasteiger partial charge is 0.315 e. The number of rotatable bonds is 15. The van der Waals surface area contributed by atoms with Crippen LogP contribution in [-0.2, 0) is 4.79 Å². The van der Waals surface area contributed by atoms with Gasteiger partial charge in [-0.3, -0.25) is 14.8 Å². The zero-order chi connectivity index (χ0) is 29.9. The number of amides is 3. The van der Waals surface area contributed by atoms with Crippen molar-refractivity contribution >= 4 is 36.1 Å². The van der Waals surface area contributed by atoms with Crippen molar-refractivity contribution in [2.75, 3.05) is 18.8 Å². The molecule has 2 aromatic carbocycles. The summed E-state index contributed by atoms with van der Waals surface area (Å²) in [7, 11) is 0. The molecule has 2 heterocycles. The number of hydrogen-bond donors (Lipinski definition) is 7. The molecule has 0 radical (unpaired) electrons. The van der Waals surface area contributed by atoms with Gasteiger partial charge >= 0.3 is 6.03 Å². The van der Waals surface area contributed by atoms with Gasteiger partial charge in [-0.2, -0.15) is 11.8 Å². The summed E-state index contributed by atoms with van der Waals surface area (Å²) >= 11 is 1.89. The van der Waals surface area contributed by atoms with Crippen LogP contribution in [0, 0.1) is 0 Å². The van der Waals surface area contributed by atoms with Gasteiger partial charge in [0.05, 0.1) is 24.7 Å². The number of carbonyl (C=O) groups excluding carboxylic acids is 2. The third-order valence-corrected chi connectivity index (χ3v) is 8.87. The fourth-order valence-electron chi connectivity index (χ4n) is 5.05. The fourth-order valence-corrected chi connectivity index (χ4v) is 6.59. The van der Waals surface area contributed by atoms with Crippen molar-refractivity contribution < 1.29 is 30.0 Å². The lowest BCUT2D eigenvalue weighted by atomic mass is 10.0. The molecule has 42 heavy (non-hydrogen) atoms. The largest absolute Gasteiger partial charge is 0.508 e. The summed E-state index contributed by atoms with van der Waals surface area (Å²) in [5, 5.41) is 48.4. The Labute approximate surface area is 249 Å². The van der Waals surface area contributed by atoms with E-state index in [1.165, 1.54) is 30.5 Å². The van der Waals surface area contributed by atoms with E-state index >= 15 is 0 Å². The highest BCUT2D eigenvalue weighted by Gasteiger charge is 2.42. The molecule has 2 aliphatic heterocycles. The Kier molecular flexibility index (Phi) is 11.3. The molecule has 0 unspecified atom stereocenters. The second-order valence-corrected chi connectivity index (χ2v) is 11.9. The lowest BCUT2D eigenvalue weighted by molar-refractivity contribution is -0.121. The Hall–Kier alpha value is -3.93. The van der Waals surface area contributed by atoms with Gasteiger partial charge in [-0.25, -0.2) is 4.79 Å². The number of thioether (sulfide) groups is 1. The monoisotopic (exact) mass is 597 g/mol. The van der Waals surface area contributed by atoms with Crippen LogP contribution in [0.1, 0.15) is 56.1 Å². The van der Waals surface area contributed by atoms with E-state index in [1.807, 2.05) is 11.8 Å². The number of nitrogens with one attached hydrogen (secondary N) is 3. The third kappa shape index (κ3) is 9.30. The van der Waals surface area contributed by atoms with Crippen LogP contribution in [0.3, 0.4) is 0 Å². The zero-order valence-corrected chi connectivity index (χ0v) is 24.2. The number of aromatic hydroxyl groups is 4. The third-order valence-electron chi connectivity index (χ3n) is 7.37. The van der Waals surface area contributed by atoms with Crippen LogP contribution in [0.5, 0.6) is 23.0 Å². The second kappa shape index (κ2) is 15.3. The molecule has 4 rings (SSSR count). The predicted octanol–water partition coefficient (Wildman–Crippen LogP) is 3.43. The number of benzene rings is 2. The molecule has 226 valence electrons. The zero-order valence-electron chi connectivity index (χ0n) is 23.4. The maximum absolute atomic E-state index is 12.3. The molecule has 12 heteroatoms. The number of hydrogen-bond acceptors (Lipinski definition) is 9. The maximum atomic E-state index is 12.3. The van der Waals surface area contributed by atoms with Crippen LogP contribution in [0.4, 0.5) is 4.79 Å². The molecule has 2 saturated heterocycles. The molecule has 0 bridgehead atoms. The van der Waals surface area contributed by atoms with Crippen LogP contribution >= 0.6 is 11.8 Å². The minimum atomic E-state index is -0.211. The number of unbranched alkanes of at least 4 members (excludes halogenated alkanes) is 2. The molecule has 2 fully saturated rings. The summed E-state index contributed by atoms with van der Waals surface area (Å²) in [6.07, 6.45) is 8.58. The highest BCUT2D eigenvalue weighted by Crippen LogP contribution is 2.33. The Bertz CT molecular complexity index is 1290. The van der Waals surface area contributed by atoms with E-state index in [-0.39, 0.29) is 53.1 Å². The SMILES string of the molecule is O=C(CCCC[C@@H]1SC[C@@H]2NC(=O)N[C@@H]21)NCCCC[C@@H](CN=Cc1ccc(O)cc1O)N=Cc1ccc(O)cc1O. The first-order chi connectivity index (χ1) is 20.3. The molecule has 0 aromatic heterocycles. The van der Waals surface area contributed by atoms with E-state index < -0.39 is 0 Å². The fraction of sp³-hybridized carbons (Fsp3) is 0.467. The topological polar surface area (TPSA) is 176 Å². The van der Waals surface area contributed by atoms with Crippen molar-refractivity contribution in [3.05, 3.63) is 47.5 Å². The Morgan fingerprint density at radius 2 is 1.69 bits per heavy atom. The first-order valence-corrected chi connectivity index (χ1v) is 15.4. The molecule has 11 nitrogen and oxygen atoms in total. The van der Waals surface area contributed by atoms with Crippen molar-refractivity contribution in [1.29, 1.82) is 0 Å². The van der Waals surface area contributed by atoms with Crippen molar-refractivity contribution in [2.24, 2.45) is 9.98 Å². The van der Waals surface area contributed by atoms with Crippen LogP contribution in [0.2, 0.25) is 0 Å². The van der Waals surface area contributed by atoms with Crippen LogP contribution < -0.4 is 16.0 Å². The summed E-state index contributed by atoms with van der Waals surface area (Å²) in [4.78, 5) is 32.8. The summed E-state index contributed by atoms with van der Waals surface area (Å²) in [6.45, 7) is 0.904. The number of urea groups is 1. The van der Waals surface area contributed by atoms with Gasteiger partial charge < -0.3 is 36.4 Å². The van der Waals surface area contributed by atoms with Crippen LogP contribution in [-0.4, -0.2) is 87.0 Å². The van der Waals surface area contributed by atoms with E-state index in [0.717, 1.165) is 37.9 Å². The number of carbonyl (C=O) groups is 2. The summed E-state index contributed by atoms with van der Waals surface area (Å²) in [5.41, 5.74) is 0.948. The van der Waals surface area contributed by atoms with Crippen molar-refractivity contribution in [3.8, 4) is 23.0 Å². The molecule has 0 spiro atoms. The molecular formula is C30H39N5O6S. The van der Waals surface area contributed by atoms with E-state index in [2.05, 4.69) is 25.9 Å². The minimum Gasteiger partial charge on any atom is -0.508 e. The number of phenolic OH excluding ortho intramolecular Hbond substituents is 4. The lowest BCUT2D eigenvalue weighted by Crippen LogP contribution is -2.36. The molecule has 7 N–H and O–H groups in total. The molecule has 3 amide bonds. The van der Waals surface area contributed by atoms with E-state index in [0.29, 0.717) is 42.3 Å². The molecular weight excluding hydrogens is 558 g/mol. The average molecular weight is 598 g/mol. The number of phenols is 4. The molecule has 2 aromatic rings. The van der Waals surface area contributed by atoms with Crippen molar-refractivity contribution in [1.82, 2.24) is 16.0 Å². The van der Waals surface area contributed by atoms with Crippen molar-refractivity contribution in [3.63, 3.8) is 0 Å². The summed E-state index contributed by atoms with van der Waals surface area (Å²) < 4.78 is 0. The Morgan fingerprint density at radius 1 is 0.976 bits per heavy atom. The molecule has 2 aliphatic rings. The molecule has 4 atom stereocenters. The van der Waals surface area contributed by atoms with Gasteiger partial charge in [0.2, 0.25) is 5.91 Å². The van der Waals surface area contributed by atoms with Gasteiger partial charge in [-0.1, -0.05) is 6.42 Å². The van der Waals surface area contributed by atoms with E-state index in [1.54, 1.807) is 18.3 Å². The van der Waals surface area contributed by atoms with Gasteiger partial charge in [0, 0.05) is 59.7 Å². The Balaban J connectivity index is 1.17.